The van der Waals surface area contributed by atoms with Crippen LogP contribution in [0.25, 0.3) is 0 Å². The van der Waals surface area contributed by atoms with E-state index < -0.39 is 0 Å². The Kier molecular flexibility index (Phi) is 4.78. The Hall–Kier alpha value is -1.72. The zero-order valence-corrected chi connectivity index (χ0v) is 14.2. The van der Waals surface area contributed by atoms with E-state index in [2.05, 4.69) is 47.9 Å². The molecular weight excluding hydrogens is 290 g/mol. The van der Waals surface area contributed by atoms with Gasteiger partial charge in [0, 0.05) is 26.1 Å². The van der Waals surface area contributed by atoms with Gasteiger partial charge in [-0.3, -0.25) is 4.90 Å². The van der Waals surface area contributed by atoms with Crippen LogP contribution in [0, 0.1) is 6.92 Å². The molecule has 0 N–H and O–H groups in total. The molecule has 1 saturated heterocycles. The zero-order chi connectivity index (χ0) is 16.3. The second-order valence-corrected chi connectivity index (χ2v) is 6.89. The van der Waals surface area contributed by atoms with Crippen LogP contribution in [0.15, 0.2) is 28.8 Å². The molecule has 0 saturated carbocycles. The van der Waals surface area contributed by atoms with Crippen molar-refractivity contribution in [2.45, 2.75) is 32.6 Å². The third kappa shape index (κ3) is 3.98. The summed E-state index contributed by atoms with van der Waals surface area (Å²) in [5.41, 5.74) is 2.34. The molecule has 1 aromatic carbocycles. The van der Waals surface area contributed by atoms with E-state index in [4.69, 9.17) is 9.26 Å². The number of benzene rings is 1. The van der Waals surface area contributed by atoms with Crippen LogP contribution in [0.3, 0.4) is 0 Å². The lowest BCUT2D eigenvalue weighted by molar-refractivity contribution is 0.0269. The molecule has 0 unspecified atom stereocenters. The molecule has 0 radical (unpaired) electrons. The van der Waals surface area contributed by atoms with Gasteiger partial charge in [-0.1, -0.05) is 29.4 Å². The maximum absolute atomic E-state index is 5.56. The SMILES string of the molecule is Cc1ccccc1Cc1noc(C(C)(C)CN2CCOCC2)n1. The highest BCUT2D eigenvalue weighted by Gasteiger charge is 2.30. The molecule has 0 spiro atoms. The van der Waals surface area contributed by atoms with Crippen LogP contribution >= 0.6 is 0 Å². The Balaban J connectivity index is 1.69. The summed E-state index contributed by atoms with van der Waals surface area (Å²) in [6.07, 6.45) is 0.712. The molecule has 124 valence electrons. The molecule has 5 nitrogen and oxygen atoms in total. The minimum atomic E-state index is -0.158. The van der Waals surface area contributed by atoms with Crippen molar-refractivity contribution in [3.8, 4) is 0 Å². The summed E-state index contributed by atoms with van der Waals surface area (Å²) in [6.45, 7) is 10.9. The van der Waals surface area contributed by atoms with Crippen LogP contribution in [0.1, 0.15) is 36.7 Å². The molecule has 2 aromatic rings. The number of nitrogens with zero attached hydrogens (tertiary/aromatic N) is 3. The van der Waals surface area contributed by atoms with Gasteiger partial charge in [0.25, 0.3) is 0 Å². The van der Waals surface area contributed by atoms with Gasteiger partial charge in [0.15, 0.2) is 5.82 Å². The highest BCUT2D eigenvalue weighted by Crippen LogP contribution is 2.24. The van der Waals surface area contributed by atoms with Crippen molar-refractivity contribution < 1.29 is 9.26 Å². The highest BCUT2D eigenvalue weighted by atomic mass is 16.5. The first kappa shape index (κ1) is 16.1. The standard InChI is InChI=1S/C18H25N3O2/c1-14-6-4-5-7-15(14)12-16-19-17(23-20-16)18(2,3)13-21-8-10-22-11-9-21/h4-7H,8-13H2,1-3H3. The van der Waals surface area contributed by atoms with Crippen LogP contribution in [-0.4, -0.2) is 47.9 Å². The average molecular weight is 315 g/mol. The summed E-state index contributed by atoms with van der Waals surface area (Å²) in [5, 5.41) is 4.18. The van der Waals surface area contributed by atoms with Crippen LogP contribution < -0.4 is 0 Å². The van der Waals surface area contributed by atoms with E-state index in [0.29, 0.717) is 12.3 Å². The third-order valence-electron chi connectivity index (χ3n) is 4.38. The molecular formula is C18H25N3O2. The van der Waals surface area contributed by atoms with Crippen LogP contribution in [0.5, 0.6) is 0 Å². The van der Waals surface area contributed by atoms with E-state index in [-0.39, 0.29) is 5.41 Å². The predicted octanol–water partition coefficient (Wildman–Crippen LogP) is 2.58. The first-order valence-electron chi connectivity index (χ1n) is 8.22. The Morgan fingerprint density at radius 1 is 1.17 bits per heavy atom. The predicted molar refractivity (Wildman–Crippen MR) is 88.6 cm³/mol. The Morgan fingerprint density at radius 2 is 1.91 bits per heavy atom. The summed E-state index contributed by atoms with van der Waals surface area (Å²) in [4.78, 5) is 7.05. The normalized spacial score (nSPS) is 16.7. The van der Waals surface area contributed by atoms with Gasteiger partial charge in [0.05, 0.1) is 18.6 Å². The third-order valence-corrected chi connectivity index (χ3v) is 4.38. The lowest BCUT2D eigenvalue weighted by atomic mass is 9.92. The van der Waals surface area contributed by atoms with Gasteiger partial charge in [-0.2, -0.15) is 4.98 Å². The molecule has 1 aromatic heterocycles. The zero-order valence-electron chi connectivity index (χ0n) is 14.2. The topological polar surface area (TPSA) is 51.4 Å². The molecule has 0 atom stereocenters. The first-order valence-corrected chi connectivity index (χ1v) is 8.22. The van der Waals surface area contributed by atoms with Gasteiger partial charge in [0.1, 0.15) is 0 Å². The number of rotatable bonds is 5. The fraction of sp³-hybridized carbons (Fsp3) is 0.556. The number of hydrogen-bond acceptors (Lipinski definition) is 5. The van der Waals surface area contributed by atoms with Crippen LogP contribution in [-0.2, 0) is 16.6 Å². The summed E-state index contributed by atoms with van der Waals surface area (Å²) in [5.74, 6) is 1.47. The van der Waals surface area contributed by atoms with Crippen molar-refractivity contribution in [3.63, 3.8) is 0 Å². The fourth-order valence-corrected chi connectivity index (χ4v) is 2.97. The first-order chi connectivity index (χ1) is 11.0. The minimum absolute atomic E-state index is 0.158. The molecule has 0 amide bonds. The Bertz CT molecular complexity index is 645. The molecule has 2 heterocycles. The van der Waals surface area contributed by atoms with E-state index in [9.17, 15) is 0 Å². The van der Waals surface area contributed by atoms with Crippen molar-refractivity contribution >= 4 is 0 Å². The van der Waals surface area contributed by atoms with Gasteiger partial charge in [0.2, 0.25) is 5.89 Å². The number of aryl methyl sites for hydroxylation is 1. The molecule has 0 aliphatic carbocycles. The van der Waals surface area contributed by atoms with Gasteiger partial charge < -0.3 is 9.26 Å². The molecule has 5 heteroatoms. The molecule has 0 bridgehead atoms. The number of ether oxygens (including phenoxy) is 1. The van der Waals surface area contributed by atoms with E-state index in [1.807, 2.05) is 12.1 Å². The van der Waals surface area contributed by atoms with E-state index in [1.54, 1.807) is 0 Å². The average Bonchev–Trinajstić information content (AvgIpc) is 3.00. The van der Waals surface area contributed by atoms with E-state index in [0.717, 1.165) is 38.7 Å². The molecule has 23 heavy (non-hydrogen) atoms. The summed E-state index contributed by atoms with van der Waals surface area (Å²) in [7, 11) is 0. The Morgan fingerprint density at radius 3 is 2.65 bits per heavy atom. The van der Waals surface area contributed by atoms with Gasteiger partial charge >= 0.3 is 0 Å². The van der Waals surface area contributed by atoms with E-state index in [1.165, 1.54) is 11.1 Å². The maximum Gasteiger partial charge on any atom is 0.233 e. The van der Waals surface area contributed by atoms with Crippen LogP contribution in [0.2, 0.25) is 0 Å². The monoisotopic (exact) mass is 315 g/mol. The van der Waals surface area contributed by atoms with Crippen molar-refractivity contribution in [1.29, 1.82) is 0 Å². The van der Waals surface area contributed by atoms with Crippen molar-refractivity contribution in [3.05, 3.63) is 47.1 Å². The molecule has 1 aliphatic heterocycles. The number of morpholine rings is 1. The minimum Gasteiger partial charge on any atom is -0.379 e. The quantitative estimate of drug-likeness (QED) is 0.849. The van der Waals surface area contributed by atoms with Gasteiger partial charge in [-0.05, 0) is 31.9 Å². The maximum atomic E-state index is 5.56. The lowest BCUT2D eigenvalue weighted by Crippen LogP contribution is -2.43. The van der Waals surface area contributed by atoms with E-state index >= 15 is 0 Å². The smallest absolute Gasteiger partial charge is 0.233 e. The summed E-state index contributed by atoms with van der Waals surface area (Å²) >= 11 is 0. The van der Waals surface area contributed by atoms with Gasteiger partial charge in [-0.15, -0.1) is 0 Å². The summed E-state index contributed by atoms with van der Waals surface area (Å²) in [6, 6.07) is 8.32. The van der Waals surface area contributed by atoms with Gasteiger partial charge in [-0.25, -0.2) is 0 Å². The molecule has 1 aliphatic rings. The van der Waals surface area contributed by atoms with Crippen LogP contribution in [0.4, 0.5) is 0 Å². The summed E-state index contributed by atoms with van der Waals surface area (Å²) < 4.78 is 11.0. The largest absolute Gasteiger partial charge is 0.379 e. The number of aromatic nitrogens is 2. The van der Waals surface area contributed by atoms with Crippen molar-refractivity contribution in [1.82, 2.24) is 15.0 Å². The lowest BCUT2D eigenvalue weighted by Gasteiger charge is -2.32. The second kappa shape index (κ2) is 6.81. The van der Waals surface area contributed by atoms with Crippen molar-refractivity contribution in [2.24, 2.45) is 0 Å². The highest BCUT2D eigenvalue weighted by molar-refractivity contribution is 5.28. The van der Waals surface area contributed by atoms with Crippen molar-refractivity contribution in [2.75, 3.05) is 32.8 Å². The molecule has 3 rings (SSSR count). The second-order valence-electron chi connectivity index (χ2n) is 6.89. The molecule has 1 fully saturated rings. The number of hydrogen-bond donors (Lipinski definition) is 0. The fourth-order valence-electron chi connectivity index (χ4n) is 2.97. The Labute approximate surface area is 137 Å².